The second-order valence-electron chi connectivity index (χ2n) is 12.0. The third-order valence-electron chi connectivity index (χ3n) is 11.1. The lowest BCUT2D eigenvalue weighted by atomic mass is 9.42. The SMILES string of the molecule is CCOC(=O)C#C[C@]1(O)[C@H]2C[C@H]2C2C3C4C[C@H]4[C@]4(O)CC(=O)CC[C@]4(C)C3CC[C@@]21C. The molecule has 0 bridgehead atoms. The van der Waals surface area contributed by atoms with Crippen molar-refractivity contribution in [1.29, 1.82) is 0 Å². The first-order chi connectivity index (χ1) is 14.6. The minimum atomic E-state index is -1.14. The van der Waals surface area contributed by atoms with E-state index in [4.69, 9.17) is 4.74 Å². The molecule has 2 N–H and O–H groups in total. The molecular weight excluding hydrogens is 392 g/mol. The van der Waals surface area contributed by atoms with E-state index in [-0.39, 0.29) is 35.1 Å². The zero-order valence-corrected chi connectivity index (χ0v) is 18.8. The molecule has 0 saturated heterocycles. The van der Waals surface area contributed by atoms with Crippen LogP contribution in [0.15, 0.2) is 0 Å². The van der Waals surface area contributed by atoms with E-state index in [2.05, 4.69) is 25.7 Å². The normalized spacial score (nSPS) is 57.8. The molecule has 0 aliphatic heterocycles. The van der Waals surface area contributed by atoms with Gasteiger partial charge in [-0.2, -0.15) is 0 Å². The summed E-state index contributed by atoms with van der Waals surface area (Å²) in [6, 6.07) is 0. The Kier molecular flexibility index (Phi) is 3.88. The second-order valence-corrected chi connectivity index (χ2v) is 12.0. The Morgan fingerprint density at radius 1 is 1.10 bits per heavy atom. The lowest BCUT2D eigenvalue weighted by molar-refractivity contribution is -0.218. The summed E-state index contributed by atoms with van der Waals surface area (Å²) in [5.41, 5.74) is -2.53. The largest absolute Gasteiger partial charge is 0.456 e. The van der Waals surface area contributed by atoms with Gasteiger partial charge in [0.25, 0.3) is 0 Å². The molecule has 6 saturated carbocycles. The highest BCUT2D eigenvalue weighted by Gasteiger charge is 2.81. The first kappa shape index (κ1) is 20.2. The molecule has 0 aromatic heterocycles. The Morgan fingerprint density at radius 3 is 2.58 bits per heavy atom. The number of Topliss-reactive ketones (excluding diaryl/α,β-unsaturated/α-hetero) is 1. The Balaban J connectivity index is 1.37. The summed E-state index contributed by atoms with van der Waals surface area (Å²) in [5.74, 6) is 7.82. The van der Waals surface area contributed by atoms with Crippen LogP contribution in [0.5, 0.6) is 0 Å². The average molecular weight is 427 g/mol. The second kappa shape index (κ2) is 5.94. The summed E-state index contributed by atoms with van der Waals surface area (Å²) in [4.78, 5) is 24.2. The maximum atomic E-state index is 12.3. The number of carbonyl (C=O) groups excluding carboxylic acids is 2. The van der Waals surface area contributed by atoms with Crippen LogP contribution in [0.25, 0.3) is 0 Å². The summed E-state index contributed by atoms with van der Waals surface area (Å²) < 4.78 is 4.99. The molecule has 6 rings (SSSR count). The third-order valence-corrected chi connectivity index (χ3v) is 11.1. The molecule has 0 aromatic carbocycles. The van der Waals surface area contributed by atoms with Crippen LogP contribution in [-0.4, -0.2) is 39.8 Å². The quantitative estimate of drug-likeness (QED) is 0.383. The fourth-order valence-electron chi connectivity index (χ4n) is 9.52. The van der Waals surface area contributed by atoms with E-state index in [9.17, 15) is 19.8 Å². The molecule has 31 heavy (non-hydrogen) atoms. The molecule has 5 nitrogen and oxygen atoms in total. The van der Waals surface area contributed by atoms with Crippen LogP contribution >= 0.6 is 0 Å². The van der Waals surface area contributed by atoms with Crippen molar-refractivity contribution in [2.75, 3.05) is 6.61 Å². The summed E-state index contributed by atoms with van der Waals surface area (Å²) in [6.07, 6.45) is 5.51. The Bertz CT molecular complexity index is 932. The van der Waals surface area contributed by atoms with Crippen LogP contribution in [0.4, 0.5) is 0 Å². The molecule has 6 fully saturated rings. The molecule has 4 unspecified atom stereocenters. The number of aliphatic hydroxyl groups is 2. The van der Waals surface area contributed by atoms with Gasteiger partial charge in [-0.25, -0.2) is 4.79 Å². The molecule has 6 aliphatic carbocycles. The first-order valence-corrected chi connectivity index (χ1v) is 12.3. The number of carbonyl (C=O) groups is 2. The molecule has 0 radical (unpaired) electrons. The molecule has 11 atom stereocenters. The topological polar surface area (TPSA) is 83.8 Å². The smallest absolute Gasteiger partial charge is 0.384 e. The van der Waals surface area contributed by atoms with Gasteiger partial charge in [-0.15, -0.1) is 0 Å². The van der Waals surface area contributed by atoms with Crippen molar-refractivity contribution in [3.05, 3.63) is 0 Å². The monoisotopic (exact) mass is 426 g/mol. The van der Waals surface area contributed by atoms with E-state index in [1.807, 2.05) is 0 Å². The summed E-state index contributed by atoms with van der Waals surface area (Å²) >= 11 is 0. The number of hydrogen-bond acceptors (Lipinski definition) is 5. The Labute approximate surface area is 184 Å². The number of hydrogen-bond donors (Lipinski definition) is 2. The molecule has 0 amide bonds. The molecule has 168 valence electrons. The molecule has 5 heteroatoms. The van der Waals surface area contributed by atoms with E-state index in [0.29, 0.717) is 42.4 Å². The van der Waals surface area contributed by atoms with E-state index in [1.165, 1.54) is 0 Å². The lowest BCUT2D eigenvalue weighted by Crippen LogP contribution is -2.65. The highest BCUT2D eigenvalue weighted by Crippen LogP contribution is 2.81. The number of ketones is 1. The van der Waals surface area contributed by atoms with Crippen LogP contribution < -0.4 is 0 Å². The third kappa shape index (κ3) is 2.27. The fraction of sp³-hybridized carbons (Fsp3) is 0.846. The molecule has 0 spiro atoms. The van der Waals surface area contributed by atoms with E-state index in [0.717, 1.165) is 32.1 Å². The van der Waals surface area contributed by atoms with Gasteiger partial charge < -0.3 is 14.9 Å². The van der Waals surface area contributed by atoms with Gasteiger partial charge in [0, 0.05) is 35.5 Å². The summed E-state index contributed by atoms with van der Waals surface area (Å²) in [7, 11) is 0. The summed E-state index contributed by atoms with van der Waals surface area (Å²) in [6.45, 7) is 6.50. The van der Waals surface area contributed by atoms with Gasteiger partial charge in [0.05, 0.1) is 12.2 Å². The van der Waals surface area contributed by atoms with Crippen molar-refractivity contribution in [3.8, 4) is 11.8 Å². The van der Waals surface area contributed by atoms with Crippen molar-refractivity contribution >= 4 is 11.8 Å². The molecular formula is C26H34O5. The number of ether oxygens (including phenoxy) is 1. The van der Waals surface area contributed by atoms with Crippen molar-refractivity contribution in [2.45, 2.75) is 76.9 Å². The zero-order chi connectivity index (χ0) is 22.0. The highest BCUT2D eigenvalue weighted by molar-refractivity contribution is 5.88. The van der Waals surface area contributed by atoms with Gasteiger partial charge in [0.2, 0.25) is 0 Å². The number of rotatable bonds is 1. The van der Waals surface area contributed by atoms with E-state index in [1.54, 1.807) is 6.92 Å². The summed E-state index contributed by atoms with van der Waals surface area (Å²) in [5, 5.41) is 23.7. The predicted octanol–water partition coefficient (Wildman–Crippen LogP) is 2.72. The van der Waals surface area contributed by atoms with Crippen molar-refractivity contribution in [1.82, 2.24) is 0 Å². The minimum absolute atomic E-state index is 0.141. The van der Waals surface area contributed by atoms with Crippen LogP contribution in [0.1, 0.15) is 65.7 Å². The van der Waals surface area contributed by atoms with Crippen molar-refractivity contribution in [2.24, 2.45) is 52.3 Å². The molecule has 0 heterocycles. The standard InChI is InChI=1S/C26H34O5/c1-4-31-20(28)7-10-25(29)19-12-16(19)22-21-15-11-18(15)26(30)13-14(27)5-8-23(26,2)17(21)6-9-24(22,25)3/h15-19,21-22,29-30H,4-6,8-9,11-13H2,1-3H3/t15?,16-,17?,18-,19+,21?,22?,23-,24+,25+,26-/m1/s1. The van der Waals surface area contributed by atoms with Crippen LogP contribution in [0, 0.1) is 64.1 Å². The zero-order valence-electron chi connectivity index (χ0n) is 18.8. The van der Waals surface area contributed by atoms with Crippen LogP contribution in [0.2, 0.25) is 0 Å². The number of fused-ring (bicyclic) bond motifs is 10. The van der Waals surface area contributed by atoms with Gasteiger partial charge in [-0.3, -0.25) is 4.79 Å². The lowest BCUT2D eigenvalue weighted by Gasteiger charge is -2.63. The first-order valence-electron chi connectivity index (χ1n) is 12.3. The van der Waals surface area contributed by atoms with Gasteiger partial charge in [-0.05, 0) is 74.5 Å². The van der Waals surface area contributed by atoms with Gasteiger partial charge >= 0.3 is 5.97 Å². The Hall–Kier alpha value is -1.38. The van der Waals surface area contributed by atoms with Gasteiger partial charge in [0.1, 0.15) is 11.4 Å². The van der Waals surface area contributed by atoms with Crippen molar-refractivity contribution in [3.63, 3.8) is 0 Å². The highest BCUT2D eigenvalue weighted by atomic mass is 16.5. The van der Waals surface area contributed by atoms with E-state index >= 15 is 0 Å². The Morgan fingerprint density at radius 2 is 1.84 bits per heavy atom. The molecule has 0 aromatic rings. The van der Waals surface area contributed by atoms with Crippen molar-refractivity contribution < 1.29 is 24.5 Å². The number of esters is 1. The van der Waals surface area contributed by atoms with Crippen LogP contribution in [0.3, 0.4) is 0 Å². The maximum Gasteiger partial charge on any atom is 0.384 e. The molecule has 6 aliphatic rings. The fourth-order valence-corrected chi connectivity index (χ4v) is 9.52. The maximum absolute atomic E-state index is 12.3. The minimum Gasteiger partial charge on any atom is -0.456 e. The van der Waals surface area contributed by atoms with Gasteiger partial charge in [-0.1, -0.05) is 19.8 Å². The van der Waals surface area contributed by atoms with E-state index < -0.39 is 17.2 Å². The van der Waals surface area contributed by atoms with Gasteiger partial charge in [0.15, 0.2) is 0 Å². The predicted molar refractivity (Wildman–Crippen MR) is 112 cm³/mol. The average Bonchev–Trinajstić information content (AvgIpc) is 3.61. The van der Waals surface area contributed by atoms with Crippen LogP contribution in [-0.2, 0) is 14.3 Å².